The van der Waals surface area contributed by atoms with Gasteiger partial charge < -0.3 is 9.47 Å². The molecule has 1 heterocycles. The number of halogens is 2. The van der Waals surface area contributed by atoms with Gasteiger partial charge in [-0.1, -0.05) is 0 Å². The van der Waals surface area contributed by atoms with Gasteiger partial charge in [-0.25, -0.2) is 9.79 Å². The molecule has 9 heteroatoms. The average Bonchev–Trinajstić information content (AvgIpc) is 2.96. The molecule has 0 N–H and O–H groups in total. The highest BCUT2D eigenvalue weighted by Crippen LogP contribution is 2.36. The maximum atomic E-state index is 12.7. The largest absolute Gasteiger partial charge is 0.495 e. The highest BCUT2D eigenvalue weighted by atomic mass is 127. The Labute approximate surface area is 206 Å². The molecule has 0 radical (unpaired) electrons. The standard InChI is InChI=1S/C21H18I2N2O4S/c1-4-29-20(27)12-5-7-15(8-6-12)24-21-25(2)19(26)17(30-21)10-13-9-14(22)11-16(23)18(13)28-3/h5-11H,4H2,1-3H3/b17-10+,24-21?. The Morgan fingerprint density at radius 2 is 1.93 bits per heavy atom. The van der Waals surface area contributed by atoms with Crippen molar-refractivity contribution in [3.05, 3.63) is 59.6 Å². The number of nitrogens with zero attached hydrogens (tertiary/aromatic N) is 2. The summed E-state index contributed by atoms with van der Waals surface area (Å²) in [7, 11) is 3.31. The molecule has 156 valence electrons. The Balaban J connectivity index is 1.88. The van der Waals surface area contributed by atoms with Crippen molar-refractivity contribution in [3.63, 3.8) is 0 Å². The first-order valence-electron chi connectivity index (χ1n) is 8.90. The van der Waals surface area contributed by atoms with Crippen LogP contribution in [-0.4, -0.2) is 42.7 Å². The molecule has 1 saturated heterocycles. The third-order valence-electron chi connectivity index (χ3n) is 4.13. The highest BCUT2D eigenvalue weighted by Gasteiger charge is 2.30. The SMILES string of the molecule is CCOC(=O)c1ccc(N=C2S/C(=C/c3cc(I)cc(I)c3OC)C(=O)N2C)cc1. The molecule has 1 aliphatic rings. The van der Waals surface area contributed by atoms with Crippen molar-refractivity contribution in [2.75, 3.05) is 20.8 Å². The zero-order valence-electron chi connectivity index (χ0n) is 16.4. The van der Waals surface area contributed by atoms with E-state index in [0.717, 1.165) is 18.5 Å². The van der Waals surface area contributed by atoms with Crippen LogP contribution in [-0.2, 0) is 9.53 Å². The quantitative estimate of drug-likeness (QED) is 0.250. The van der Waals surface area contributed by atoms with Crippen LogP contribution in [0.4, 0.5) is 5.69 Å². The summed E-state index contributed by atoms with van der Waals surface area (Å²) >= 11 is 5.77. The molecular weight excluding hydrogens is 630 g/mol. The molecule has 0 spiro atoms. The summed E-state index contributed by atoms with van der Waals surface area (Å²) in [6.45, 7) is 2.09. The molecule has 0 saturated carbocycles. The number of benzene rings is 2. The van der Waals surface area contributed by atoms with E-state index in [1.807, 2.05) is 18.2 Å². The summed E-state index contributed by atoms with van der Waals surface area (Å²) in [4.78, 5) is 31.2. The monoisotopic (exact) mass is 648 g/mol. The minimum atomic E-state index is -0.370. The summed E-state index contributed by atoms with van der Waals surface area (Å²) in [6.07, 6.45) is 1.83. The van der Waals surface area contributed by atoms with E-state index >= 15 is 0 Å². The number of amidine groups is 1. The predicted molar refractivity (Wildman–Crippen MR) is 136 cm³/mol. The number of methoxy groups -OCH3 is 1. The molecule has 3 rings (SSSR count). The van der Waals surface area contributed by atoms with E-state index in [1.165, 1.54) is 16.7 Å². The molecule has 0 unspecified atom stereocenters. The first-order chi connectivity index (χ1) is 14.3. The van der Waals surface area contributed by atoms with Crippen LogP contribution in [0.3, 0.4) is 0 Å². The summed E-state index contributed by atoms with van der Waals surface area (Å²) < 4.78 is 12.5. The lowest BCUT2D eigenvalue weighted by atomic mass is 10.2. The molecule has 0 atom stereocenters. The summed E-state index contributed by atoms with van der Waals surface area (Å²) in [5.74, 6) is 0.239. The molecule has 0 aromatic heterocycles. The van der Waals surface area contributed by atoms with Crippen LogP contribution in [0.25, 0.3) is 6.08 Å². The Kier molecular flexibility index (Phi) is 7.80. The molecule has 30 heavy (non-hydrogen) atoms. The third kappa shape index (κ3) is 5.17. The minimum absolute atomic E-state index is 0.127. The predicted octanol–water partition coefficient (Wildman–Crippen LogP) is 5.31. The summed E-state index contributed by atoms with van der Waals surface area (Å²) in [5.41, 5.74) is 1.95. The van der Waals surface area contributed by atoms with Crippen molar-refractivity contribution in [2.24, 2.45) is 4.99 Å². The number of hydrogen-bond donors (Lipinski definition) is 0. The van der Waals surface area contributed by atoms with Crippen LogP contribution in [0.5, 0.6) is 5.75 Å². The van der Waals surface area contributed by atoms with E-state index in [4.69, 9.17) is 9.47 Å². The maximum Gasteiger partial charge on any atom is 0.338 e. The number of esters is 1. The van der Waals surface area contributed by atoms with Crippen LogP contribution in [0.1, 0.15) is 22.8 Å². The van der Waals surface area contributed by atoms with Gasteiger partial charge in [0.15, 0.2) is 5.17 Å². The van der Waals surface area contributed by atoms with Gasteiger partial charge in [0.2, 0.25) is 0 Å². The van der Waals surface area contributed by atoms with Gasteiger partial charge in [0.1, 0.15) is 5.75 Å². The third-order valence-corrected chi connectivity index (χ3v) is 6.62. The van der Waals surface area contributed by atoms with Crippen molar-refractivity contribution in [1.29, 1.82) is 0 Å². The summed E-state index contributed by atoms with van der Waals surface area (Å²) in [5, 5.41) is 0.564. The molecule has 0 aliphatic carbocycles. The van der Waals surface area contributed by atoms with Gasteiger partial charge in [-0.15, -0.1) is 0 Å². The summed E-state index contributed by atoms with van der Waals surface area (Å²) in [6, 6.07) is 10.8. The zero-order chi connectivity index (χ0) is 21.8. The number of ether oxygens (including phenoxy) is 2. The minimum Gasteiger partial charge on any atom is -0.495 e. The van der Waals surface area contributed by atoms with Crippen LogP contribution in [0, 0.1) is 7.14 Å². The molecule has 2 aromatic carbocycles. The second kappa shape index (κ2) is 10.1. The van der Waals surface area contributed by atoms with E-state index in [-0.39, 0.29) is 11.9 Å². The van der Waals surface area contributed by atoms with E-state index in [9.17, 15) is 9.59 Å². The Morgan fingerprint density at radius 1 is 1.23 bits per heavy atom. The second-order valence-corrected chi connectivity index (χ2v) is 9.56. The first-order valence-corrected chi connectivity index (χ1v) is 11.9. The fourth-order valence-electron chi connectivity index (χ4n) is 2.69. The number of rotatable bonds is 5. The number of carbonyl (C=O) groups is 2. The molecule has 1 fully saturated rings. The second-order valence-electron chi connectivity index (χ2n) is 6.15. The first kappa shape index (κ1) is 23.1. The van der Waals surface area contributed by atoms with Gasteiger partial charge >= 0.3 is 5.97 Å². The van der Waals surface area contributed by atoms with Gasteiger partial charge in [0.25, 0.3) is 5.91 Å². The molecular formula is C21H18I2N2O4S. The topological polar surface area (TPSA) is 68.2 Å². The van der Waals surface area contributed by atoms with Gasteiger partial charge in [0, 0.05) is 16.2 Å². The average molecular weight is 648 g/mol. The fourth-order valence-corrected chi connectivity index (χ4v) is 5.78. The number of carbonyl (C=O) groups excluding carboxylic acids is 2. The number of thioether (sulfide) groups is 1. The smallest absolute Gasteiger partial charge is 0.338 e. The van der Waals surface area contributed by atoms with Gasteiger partial charge in [-0.2, -0.15) is 0 Å². The molecule has 0 bridgehead atoms. The van der Waals surface area contributed by atoms with Gasteiger partial charge in [0.05, 0.1) is 33.4 Å². The lowest BCUT2D eigenvalue weighted by Gasteiger charge is -2.09. The number of amides is 1. The highest BCUT2D eigenvalue weighted by molar-refractivity contribution is 14.1. The lowest BCUT2D eigenvalue weighted by Crippen LogP contribution is -2.23. The normalized spacial score (nSPS) is 16.4. The zero-order valence-corrected chi connectivity index (χ0v) is 21.6. The van der Waals surface area contributed by atoms with Crippen LogP contribution >= 0.6 is 56.9 Å². The van der Waals surface area contributed by atoms with Crippen molar-refractivity contribution < 1.29 is 19.1 Å². The molecule has 1 amide bonds. The molecule has 1 aliphatic heterocycles. The fraction of sp³-hybridized carbons (Fsp3) is 0.190. The van der Waals surface area contributed by atoms with Crippen LogP contribution in [0.15, 0.2) is 46.3 Å². The van der Waals surface area contributed by atoms with E-state index < -0.39 is 0 Å². The van der Waals surface area contributed by atoms with Crippen molar-refractivity contribution in [2.45, 2.75) is 6.92 Å². The Hall–Kier alpha value is -1.60. The number of likely N-dealkylation sites (N-methyl/N-ethyl adjacent to an activating group) is 1. The van der Waals surface area contributed by atoms with Crippen molar-refractivity contribution in [3.8, 4) is 5.75 Å². The van der Waals surface area contributed by atoms with Crippen molar-refractivity contribution >= 4 is 85.8 Å². The molecule has 6 nitrogen and oxygen atoms in total. The van der Waals surface area contributed by atoms with Crippen LogP contribution < -0.4 is 4.74 Å². The Bertz CT molecular complexity index is 1050. The Morgan fingerprint density at radius 3 is 2.57 bits per heavy atom. The van der Waals surface area contributed by atoms with Gasteiger partial charge in [-0.3, -0.25) is 9.69 Å². The molecule has 2 aromatic rings. The lowest BCUT2D eigenvalue weighted by molar-refractivity contribution is -0.121. The number of hydrogen-bond acceptors (Lipinski definition) is 6. The van der Waals surface area contributed by atoms with E-state index in [2.05, 4.69) is 50.2 Å². The van der Waals surface area contributed by atoms with Gasteiger partial charge in [-0.05, 0) is 106 Å². The van der Waals surface area contributed by atoms with Crippen LogP contribution in [0.2, 0.25) is 0 Å². The maximum absolute atomic E-state index is 12.7. The van der Waals surface area contributed by atoms with Crippen molar-refractivity contribution in [1.82, 2.24) is 4.90 Å². The van der Waals surface area contributed by atoms with E-state index in [1.54, 1.807) is 45.3 Å². The van der Waals surface area contributed by atoms with E-state index in [0.29, 0.717) is 27.9 Å². The number of aliphatic imine (C=N–C) groups is 1.